The van der Waals surface area contributed by atoms with Gasteiger partial charge < -0.3 is 9.30 Å². The molecule has 158 valence electrons. The predicted octanol–water partition coefficient (Wildman–Crippen LogP) is 4.11. The lowest BCUT2D eigenvalue weighted by Gasteiger charge is -2.20. The van der Waals surface area contributed by atoms with Crippen molar-refractivity contribution in [2.75, 3.05) is 4.90 Å². The first-order valence-electron chi connectivity index (χ1n) is 9.39. The molecule has 1 amide bonds. The van der Waals surface area contributed by atoms with Gasteiger partial charge in [-0.3, -0.25) is 19.3 Å². The summed E-state index contributed by atoms with van der Waals surface area (Å²) in [7, 11) is 0. The van der Waals surface area contributed by atoms with E-state index in [4.69, 9.17) is 4.74 Å². The van der Waals surface area contributed by atoms with E-state index in [9.17, 15) is 14.4 Å². The summed E-state index contributed by atoms with van der Waals surface area (Å²) in [6.07, 6.45) is 0.108. The summed E-state index contributed by atoms with van der Waals surface area (Å²) in [5, 5.41) is 4.07. The van der Waals surface area contributed by atoms with Crippen molar-refractivity contribution in [3.8, 4) is 0 Å². The molecule has 2 heterocycles. The number of thiazole rings is 2. The van der Waals surface area contributed by atoms with Gasteiger partial charge in [-0.1, -0.05) is 29.0 Å². The maximum atomic E-state index is 12.3. The molecule has 0 saturated heterocycles. The molecule has 0 N–H and O–H groups in total. The Kier molecular flexibility index (Phi) is 6.84. The van der Waals surface area contributed by atoms with Crippen molar-refractivity contribution in [3.05, 3.63) is 61.1 Å². The Morgan fingerprint density at radius 2 is 1.93 bits per heavy atom. The number of ether oxygens (including phenoxy) is 1. The van der Waals surface area contributed by atoms with E-state index in [0.29, 0.717) is 17.4 Å². The lowest BCUT2D eigenvalue weighted by atomic mass is 10.1. The van der Waals surface area contributed by atoms with Crippen LogP contribution in [0.3, 0.4) is 0 Å². The minimum absolute atomic E-state index is 0.0193. The molecule has 0 bridgehead atoms. The van der Waals surface area contributed by atoms with E-state index >= 15 is 0 Å². The van der Waals surface area contributed by atoms with Crippen LogP contribution in [-0.2, 0) is 27.5 Å². The number of hydrogen-bond acceptors (Lipinski definition) is 7. The number of esters is 1. The second-order valence-corrected chi connectivity index (χ2v) is 8.63. The monoisotopic (exact) mass is 445 g/mol. The lowest BCUT2D eigenvalue weighted by molar-refractivity contribution is -0.145. The van der Waals surface area contributed by atoms with Gasteiger partial charge in [0.25, 0.3) is 0 Å². The molecule has 0 aliphatic heterocycles. The molecule has 0 aliphatic rings. The third kappa shape index (κ3) is 5.03. The largest absolute Gasteiger partial charge is 0.459 e. The molecule has 3 aromatic rings. The molecule has 3 rings (SSSR count). The van der Waals surface area contributed by atoms with E-state index in [1.54, 1.807) is 20.2 Å². The van der Waals surface area contributed by atoms with Gasteiger partial charge in [0.05, 0.1) is 17.8 Å². The van der Waals surface area contributed by atoms with E-state index in [-0.39, 0.29) is 23.8 Å². The van der Waals surface area contributed by atoms with Gasteiger partial charge in [-0.25, -0.2) is 4.98 Å². The van der Waals surface area contributed by atoms with E-state index in [1.807, 2.05) is 39.0 Å². The van der Waals surface area contributed by atoms with Gasteiger partial charge >= 0.3 is 10.8 Å². The van der Waals surface area contributed by atoms with Crippen LogP contribution in [0.25, 0.3) is 0 Å². The molecule has 0 aliphatic carbocycles. The van der Waals surface area contributed by atoms with Gasteiger partial charge in [-0.05, 0) is 32.4 Å². The Hall–Kier alpha value is -2.78. The van der Waals surface area contributed by atoms with E-state index < -0.39 is 5.97 Å². The SMILES string of the molecule is CC(=O)N(c1nc(COC(=O)CCn2c(C)csc2=O)cs1)c1ccc(C)cc1C. The zero-order valence-electron chi connectivity index (χ0n) is 17.3. The average Bonchev–Trinajstić information content (AvgIpc) is 3.27. The number of carbonyl (C=O) groups excluding carboxylic acids is 2. The molecule has 0 fully saturated rings. The quantitative estimate of drug-likeness (QED) is 0.511. The van der Waals surface area contributed by atoms with Gasteiger partial charge in [0.2, 0.25) is 5.91 Å². The highest BCUT2D eigenvalue weighted by molar-refractivity contribution is 7.14. The molecule has 0 atom stereocenters. The number of aromatic nitrogens is 2. The number of aryl methyl sites for hydroxylation is 3. The molecule has 2 aromatic heterocycles. The number of amides is 1. The van der Waals surface area contributed by atoms with Gasteiger partial charge in [0.1, 0.15) is 6.61 Å². The third-order valence-corrected chi connectivity index (χ3v) is 6.29. The average molecular weight is 446 g/mol. The predicted molar refractivity (Wildman–Crippen MR) is 119 cm³/mol. The Morgan fingerprint density at radius 3 is 2.57 bits per heavy atom. The Labute approximate surface area is 182 Å². The minimum Gasteiger partial charge on any atom is -0.459 e. The fourth-order valence-corrected chi connectivity index (χ4v) is 4.66. The van der Waals surface area contributed by atoms with Crippen molar-refractivity contribution < 1.29 is 14.3 Å². The van der Waals surface area contributed by atoms with Gasteiger partial charge in [-0.2, -0.15) is 0 Å². The lowest BCUT2D eigenvalue weighted by Crippen LogP contribution is -2.23. The van der Waals surface area contributed by atoms with Crippen molar-refractivity contribution in [1.82, 2.24) is 9.55 Å². The number of benzene rings is 1. The Bertz CT molecular complexity index is 1130. The van der Waals surface area contributed by atoms with E-state index in [1.165, 1.54) is 18.3 Å². The molecule has 0 spiro atoms. The first kappa shape index (κ1) is 21.9. The molecule has 30 heavy (non-hydrogen) atoms. The van der Waals surface area contributed by atoms with Crippen LogP contribution in [0, 0.1) is 20.8 Å². The smallest absolute Gasteiger partial charge is 0.307 e. The maximum absolute atomic E-state index is 12.3. The van der Waals surface area contributed by atoms with Crippen LogP contribution in [0.1, 0.15) is 35.9 Å². The second kappa shape index (κ2) is 9.36. The molecule has 7 nitrogen and oxygen atoms in total. The van der Waals surface area contributed by atoms with Crippen molar-refractivity contribution in [2.45, 2.75) is 47.3 Å². The highest BCUT2D eigenvalue weighted by Crippen LogP contribution is 2.31. The summed E-state index contributed by atoms with van der Waals surface area (Å²) in [6, 6.07) is 5.87. The van der Waals surface area contributed by atoms with Crippen LogP contribution < -0.4 is 9.77 Å². The maximum Gasteiger partial charge on any atom is 0.307 e. The zero-order chi connectivity index (χ0) is 21.8. The van der Waals surface area contributed by atoms with Crippen molar-refractivity contribution >= 4 is 45.4 Å². The summed E-state index contributed by atoms with van der Waals surface area (Å²) in [5.74, 6) is -0.545. The second-order valence-electron chi connectivity index (χ2n) is 6.97. The fourth-order valence-electron chi connectivity index (χ4n) is 3.03. The number of rotatable bonds is 7. The minimum atomic E-state index is -0.403. The molecule has 1 aromatic carbocycles. The first-order valence-corrected chi connectivity index (χ1v) is 11.1. The fraction of sp³-hybridized carbons (Fsp3) is 0.333. The highest BCUT2D eigenvalue weighted by atomic mass is 32.1. The Balaban J connectivity index is 1.64. The summed E-state index contributed by atoms with van der Waals surface area (Å²) in [6.45, 7) is 7.59. The van der Waals surface area contributed by atoms with Crippen LogP contribution in [0.5, 0.6) is 0 Å². The molecule has 0 unspecified atom stereocenters. The summed E-state index contributed by atoms with van der Waals surface area (Å²) in [5.41, 5.74) is 4.28. The standard InChI is InChI=1S/C21H23N3O4S2/c1-13-5-6-18(14(2)9-13)24(16(4)25)20-22-17(12-29-20)10-28-19(26)7-8-23-15(3)11-30-21(23)27/h5-6,9,11-12H,7-8,10H2,1-4H3. The van der Waals surface area contributed by atoms with Crippen LogP contribution >= 0.6 is 22.7 Å². The van der Waals surface area contributed by atoms with Crippen molar-refractivity contribution in [1.29, 1.82) is 0 Å². The summed E-state index contributed by atoms with van der Waals surface area (Å²) < 4.78 is 6.85. The first-order chi connectivity index (χ1) is 14.3. The number of anilines is 2. The molecular weight excluding hydrogens is 422 g/mol. The van der Waals surface area contributed by atoms with E-state index in [2.05, 4.69) is 4.98 Å². The number of carbonyl (C=O) groups is 2. The van der Waals surface area contributed by atoms with Gasteiger partial charge in [0, 0.05) is 29.9 Å². The molecular formula is C21H23N3O4S2. The van der Waals surface area contributed by atoms with Gasteiger partial charge in [0.15, 0.2) is 5.13 Å². The number of nitrogens with zero attached hydrogens (tertiary/aromatic N) is 3. The number of hydrogen-bond donors (Lipinski definition) is 0. The van der Waals surface area contributed by atoms with Crippen LogP contribution in [0.15, 0.2) is 33.8 Å². The zero-order valence-corrected chi connectivity index (χ0v) is 18.9. The molecule has 0 radical (unpaired) electrons. The normalized spacial score (nSPS) is 10.8. The Morgan fingerprint density at radius 1 is 1.17 bits per heavy atom. The highest BCUT2D eigenvalue weighted by Gasteiger charge is 2.20. The third-order valence-electron chi connectivity index (χ3n) is 4.54. The summed E-state index contributed by atoms with van der Waals surface area (Å²) in [4.78, 5) is 42.0. The summed E-state index contributed by atoms with van der Waals surface area (Å²) >= 11 is 2.43. The molecule has 9 heteroatoms. The van der Waals surface area contributed by atoms with Crippen LogP contribution in [0.2, 0.25) is 0 Å². The topological polar surface area (TPSA) is 81.5 Å². The van der Waals surface area contributed by atoms with Crippen molar-refractivity contribution in [3.63, 3.8) is 0 Å². The van der Waals surface area contributed by atoms with Crippen molar-refractivity contribution in [2.24, 2.45) is 0 Å². The van der Waals surface area contributed by atoms with Crippen LogP contribution in [-0.4, -0.2) is 21.4 Å². The molecule has 0 saturated carbocycles. The van der Waals surface area contributed by atoms with E-state index in [0.717, 1.165) is 33.8 Å². The van der Waals surface area contributed by atoms with Crippen LogP contribution in [0.4, 0.5) is 10.8 Å². The van der Waals surface area contributed by atoms with Gasteiger partial charge in [-0.15, -0.1) is 11.3 Å².